The third-order valence-corrected chi connectivity index (χ3v) is 1.37. The van der Waals surface area contributed by atoms with Gasteiger partial charge < -0.3 is 5.11 Å². The molecular weight excluding hydrogens is 112 g/mol. The van der Waals surface area contributed by atoms with Gasteiger partial charge in [-0.25, -0.2) is 0 Å². The van der Waals surface area contributed by atoms with Crippen LogP contribution < -0.4 is 0 Å². The van der Waals surface area contributed by atoms with E-state index in [0.717, 1.165) is 5.57 Å². The standard InChI is InChI=1S/C8H14O/c1-4-6-8(9)7(3)5-2/h4-5,8-9H,1,6H2,2-3H3/b7-5+/t8-/m1/s1. The Hall–Kier alpha value is -0.560. The molecule has 1 N–H and O–H groups in total. The Bertz CT molecular complexity index is 114. The molecule has 1 atom stereocenters. The van der Waals surface area contributed by atoms with Crippen molar-refractivity contribution in [3.63, 3.8) is 0 Å². The molecular formula is C8H14O. The molecule has 0 fully saturated rings. The first-order valence-electron chi connectivity index (χ1n) is 3.14. The normalized spacial score (nSPS) is 15.2. The van der Waals surface area contributed by atoms with Crippen LogP contribution in [0.2, 0.25) is 0 Å². The Morgan fingerprint density at radius 1 is 1.78 bits per heavy atom. The first-order valence-corrected chi connectivity index (χ1v) is 3.14. The lowest BCUT2D eigenvalue weighted by atomic mass is 10.1. The summed E-state index contributed by atoms with van der Waals surface area (Å²) in [6.45, 7) is 7.36. The van der Waals surface area contributed by atoms with Crippen LogP contribution in [0.3, 0.4) is 0 Å². The Morgan fingerprint density at radius 2 is 2.33 bits per heavy atom. The first-order chi connectivity index (χ1) is 4.22. The van der Waals surface area contributed by atoms with Crippen LogP contribution in [0.5, 0.6) is 0 Å². The second-order valence-electron chi connectivity index (χ2n) is 2.07. The highest BCUT2D eigenvalue weighted by molar-refractivity contribution is 5.04. The fraction of sp³-hybridized carbons (Fsp3) is 0.500. The molecule has 0 aliphatic heterocycles. The largest absolute Gasteiger partial charge is 0.388 e. The van der Waals surface area contributed by atoms with Gasteiger partial charge in [-0.2, -0.15) is 0 Å². The summed E-state index contributed by atoms with van der Waals surface area (Å²) in [5, 5.41) is 9.18. The second-order valence-corrected chi connectivity index (χ2v) is 2.07. The highest BCUT2D eigenvalue weighted by atomic mass is 16.3. The molecule has 0 unspecified atom stereocenters. The maximum atomic E-state index is 9.18. The summed E-state index contributed by atoms with van der Waals surface area (Å²) in [6, 6.07) is 0. The Balaban J connectivity index is 3.72. The number of hydrogen-bond donors (Lipinski definition) is 1. The van der Waals surface area contributed by atoms with E-state index < -0.39 is 0 Å². The minimum Gasteiger partial charge on any atom is -0.388 e. The van der Waals surface area contributed by atoms with Crippen LogP contribution in [0, 0.1) is 0 Å². The SMILES string of the molecule is C=CC[C@@H](O)/C(C)=C/C. The van der Waals surface area contributed by atoms with Gasteiger partial charge in [-0.3, -0.25) is 0 Å². The lowest BCUT2D eigenvalue weighted by Crippen LogP contribution is -2.05. The molecule has 0 amide bonds. The molecule has 0 saturated carbocycles. The molecule has 0 aromatic heterocycles. The molecule has 52 valence electrons. The average molecular weight is 126 g/mol. The summed E-state index contributed by atoms with van der Waals surface area (Å²) in [6.07, 6.45) is 3.95. The van der Waals surface area contributed by atoms with Crippen molar-refractivity contribution in [2.75, 3.05) is 0 Å². The summed E-state index contributed by atoms with van der Waals surface area (Å²) in [5.74, 6) is 0. The Morgan fingerprint density at radius 3 is 2.67 bits per heavy atom. The van der Waals surface area contributed by atoms with Gasteiger partial charge in [-0.05, 0) is 25.8 Å². The smallest absolute Gasteiger partial charge is 0.0781 e. The van der Waals surface area contributed by atoms with Gasteiger partial charge in [0, 0.05) is 0 Å². The van der Waals surface area contributed by atoms with Crippen LogP contribution in [0.1, 0.15) is 20.3 Å². The molecule has 1 nitrogen and oxygen atoms in total. The van der Waals surface area contributed by atoms with Crippen molar-refractivity contribution < 1.29 is 5.11 Å². The Kier molecular flexibility index (Phi) is 4.06. The van der Waals surface area contributed by atoms with E-state index in [1.807, 2.05) is 19.9 Å². The van der Waals surface area contributed by atoms with E-state index in [1.54, 1.807) is 6.08 Å². The van der Waals surface area contributed by atoms with E-state index in [-0.39, 0.29) is 6.10 Å². The molecule has 0 spiro atoms. The van der Waals surface area contributed by atoms with Gasteiger partial charge in [-0.15, -0.1) is 6.58 Å². The van der Waals surface area contributed by atoms with Crippen molar-refractivity contribution in [3.05, 3.63) is 24.3 Å². The van der Waals surface area contributed by atoms with E-state index in [0.29, 0.717) is 6.42 Å². The van der Waals surface area contributed by atoms with Gasteiger partial charge in [0.15, 0.2) is 0 Å². The van der Waals surface area contributed by atoms with Crippen molar-refractivity contribution in [2.45, 2.75) is 26.4 Å². The molecule has 0 aliphatic rings. The number of rotatable bonds is 3. The highest BCUT2D eigenvalue weighted by Crippen LogP contribution is 2.04. The summed E-state index contributed by atoms with van der Waals surface area (Å²) in [7, 11) is 0. The second kappa shape index (κ2) is 4.33. The molecule has 1 heteroatoms. The van der Waals surface area contributed by atoms with Crippen LogP contribution in [0.15, 0.2) is 24.3 Å². The quantitative estimate of drug-likeness (QED) is 0.572. The van der Waals surface area contributed by atoms with Gasteiger partial charge in [0.2, 0.25) is 0 Å². The monoisotopic (exact) mass is 126 g/mol. The zero-order valence-corrected chi connectivity index (χ0v) is 6.09. The zero-order valence-electron chi connectivity index (χ0n) is 6.09. The molecule has 0 saturated heterocycles. The van der Waals surface area contributed by atoms with Gasteiger partial charge >= 0.3 is 0 Å². The number of allylic oxidation sites excluding steroid dienone is 1. The molecule has 0 aromatic rings. The summed E-state index contributed by atoms with van der Waals surface area (Å²) < 4.78 is 0. The predicted octanol–water partition coefficient (Wildman–Crippen LogP) is 1.89. The fourth-order valence-electron chi connectivity index (χ4n) is 0.536. The van der Waals surface area contributed by atoms with Crippen LogP contribution in [0.25, 0.3) is 0 Å². The van der Waals surface area contributed by atoms with Crippen LogP contribution in [0.4, 0.5) is 0 Å². The van der Waals surface area contributed by atoms with Crippen molar-refractivity contribution in [2.24, 2.45) is 0 Å². The van der Waals surface area contributed by atoms with Crippen LogP contribution in [-0.2, 0) is 0 Å². The average Bonchev–Trinajstić information content (AvgIpc) is 1.87. The third-order valence-electron chi connectivity index (χ3n) is 1.37. The lowest BCUT2D eigenvalue weighted by Gasteiger charge is -2.06. The van der Waals surface area contributed by atoms with Gasteiger partial charge in [0.25, 0.3) is 0 Å². The number of aliphatic hydroxyl groups is 1. The third kappa shape index (κ3) is 3.09. The highest BCUT2D eigenvalue weighted by Gasteiger charge is 2.00. The van der Waals surface area contributed by atoms with E-state index in [2.05, 4.69) is 6.58 Å². The summed E-state index contributed by atoms with van der Waals surface area (Å²) >= 11 is 0. The van der Waals surface area contributed by atoms with Gasteiger partial charge in [0.1, 0.15) is 0 Å². The zero-order chi connectivity index (χ0) is 7.28. The summed E-state index contributed by atoms with van der Waals surface area (Å²) in [5.41, 5.74) is 1.01. The lowest BCUT2D eigenvalue weighted by molar-refractivity contribution is 0.214. The van der Waals surface area contributed by atoms with Crippen LogP contribution in [-0.4, -0.2) is 11.2 Å². The number of hydrogen-bond acceptors (Lipinski definition) is 1. The van der Waals surface area contributed by atoms with E-state index in [4.69, 9.17) is 0 Å². The molecule has 0 aliphatic carbocycles. The molecule has 0 aromatic carbocycles. The van der Waals surface area contributed by atoms with Gasteiger partial charge in [0.05, 0.1) is 6.10 Å². The first kappa shape index (κ1) is 8.44. The van der Waals surface area contributed by atoms with Crippen molar-refractivity contribution in [1.29, 1.82) is 0 Å². The van der Waals surface area contributed by atoms with Gasteiger partial charge in [-0.1, -0.05) is 12.2 Å². The van der Waals surface area contributed by atoms with E-state index >= 15 is 0 Å². The number of aliphatic hydroxyl groups excluding tert-OH is 1. The summed E-state index contributed by atoms with van der Waals surface area (Å²) in [4.78, 5) is 0. The van der Waals surface area contributed by atoms with Crippen molar-refractivity contribution in [3.8, 4) is 0 Å². The molecule has 0 radical (unpaired) electrons. The topological polar surface area (TPSA) is 20.2 Å². The van der Waals surface area contributed by atoms with Crippen molar-refractivity contribution in [1.82, 2.24) is 0 Å². The molecule has 0 heterocycles. The fourth-order valence-corrected chi connectivity index (χ4v) is 0.536. The Labute approximate surface area is 56.7 Å². The predicted molar refractivity (Wildman–Crippen MR) is 40.3 cm³/mol. The minimum atomic E-state index is -0.326. The molecule has 0 rings (SSSR count). The maximum absolute atomic E-state index is 9.18. The molecule has 0 bridgehead atoms. The maximum Gasteiger partial charge on any atom is 0.0781 e. The molecule has 9 heavy (non-hydrogen) atoms. The minimum absolute atomic E-state index is 0.326. The van der Waals surface area contributed by atoms with E-state index in [1.165, 1.54) is 0 Å². The van der Waals surface area contributed by atoms with Crippen LogP contribution >= 0.6 is 0 Å². The van der Waals surface area contributed by atoms with Crippen molar-refractivity contribution >= 4 is 0 Å². The van der Waals surface area contributed by atoms with E-state index in [9.17, 15) is 5.11 Å².